The molecule has 0 bridgehead atoms. The summed E-state index contributed by atoms with van der Waals surface area (Å²) in [5, 5.41) is 29.2. The topological polar surface area (TPSA) is 128 Å². The number of aromatic nitrogens is 2. The molecule has 2 aliphatic rings. The monoisotopic (exact) mass is 305 g/mol. The molecule has 110 valence electrons. The highest BCUT2D eigenvalue weighted by Crippen LogP contribution is 2.07. The lowest BCUT2D eigenvalue weighted by Gasteiger charge is -1.97. The van der Waals surface area contributed by atoms with E-state index in [0.29, 0.717) is 22.5 Å². The quantitative estimate of drug-likeness (QED) is 0.475. The Morgan fingerprint density at radius 2 is 1.39 bits per heavy atom. The number of nitrogens with zero attached hydrogens (tertiary/aromatic N) is 7. The van der Waals surface area contributed by atoms with Gasteiger partial charge in [-0.15, -0.1) is 15.3 Å². The molecule has 2 aliphatic carbocycles. The van der Waals surface area contributed by atoms with E-state index in [0.717, 1.165) is 11.1 Å². The molecule has 0 aliphatic heterocycles. The molecule has 0 spiro atoms. The molecule has 0 saturated carbocycles. The minimum atomic E-state index is 0.363. The van der Waals surface area contributed by atoms with Gasteiger partial charge in [-0.25, -0.2) is 0 Å². The second-order valence-electron chi connectivity index (χ2n) is 4.40. The van der Waals surface area contributed by atoms with Gasteiger partial charge in [0.1, 0.15) is 0 Å². The molecule has 0 atom stereocenters. The summed E-state index contributed by atoms with van der Waals surface area (Å²) in [4.78, 5) is 0. The number of rotatable bonds is 1. The van der Waals surface area contributed by atoms with Crippen LogP contribution < -0.4 is 11.1 Å². The Morgan fingerprint density at radius 1 is 0.870 bits per heavy atom. The molecule has 1 heterocycles. The van der Waals surface area contributed by atoms with Crippen molar-refractivity contribution in [2.45, 2.75) is 0 Å². The molecule has 23 heavy (non-hydrogen) atoms. The van der Waals surface area contributed by atoms with E-state index in [1.165, 1.54) is 0 Å². The summed E-state index contributed by atoms with van der Waals surface area (Å²) in [7, 11) is 0. The van der Waals surface area contributed by atoms with E-state index < -0.39 is 0 Å². The van der Waals surface area contributed by atoms with E-state index >= 15 is 0 Å². The van der Waals surface area contributed by atoms with Crippen LogP contribution >= 0.6 is 0 Å². The van der Waals surface area contributed by atoms with Gasteiger partial charge < -0.3 is 4.42 Å². The second kappa shape index (κ2) is 6.31. The van der Waals surface area contributed by atoms with Gasteiger partial charge in [0.05, 0.1) is 5.71 Å². The van der Waals surface area contributed by atoms with E-state index in [2.05, 4.69) is 30.7 Å². The fourth-order valence-electron chi connectivity index (χ4n) is 1.91. The third-order valence-corrected chi connectivity index (χ3v) is 2.98. The Morgan fingerprint density at radius 3 is 1.87 bits per heavy atom. The zero-order valence-electron chi connectivity index (χ0n) is 11.7. The lowest BCUT2D eigenvalue weighted by molar-refractivity contribution is 0.483. The molecule has 9 nitrogen and oxygen atoms in total. The van der Waals surface area contributed by atoms with Crippen molar-refractivity contribution in [3.63, 3.8) is 0 Å². The smallest absolute Gasteiger partial charge is 0.339 e. The van der Waals surface area contributed by atoms with E-state index in [9.17, 15) is 0 Å². The Balaban J connectivity index is 1.97. The molecule has 0 amide bonds. The van der Waals surface area contributed by atoms with Crippen molar-refractivity contribution in [3.8, 4) is 0 Å². The van der Waals surface area contributed by atoms with E-state index in [-0.39, 0.29) is 0 Å². The molecule has 0 unspecified atom stereocenters. The number of allylic oxidation sites excluding steroid dienone is 8. The summed E-state index contributed by atoms with van der Waals surface area (Å²) < 4.78 is 5.64. The van der Waals surface area contributed by atoms with E-state index in [4.69, 9.17) is 15.3 Å². The number of hydrogen-bond acceptors (Lipinski definition) is 7. The normalized spacial score (nSPS) is 15.8. The molecule has 3 rings (SSSR count). The standard InChI is InChI=1S/C14H9N8O/c15-21-17-11-5-1-9(2-6-11)13-19-20-14(23-13)10-3-7-12(8-4-10)18-22-16/h1-8,15H/q+1. The second-order valence-corrected chi connectivity index (χ2v) is 4.40. The van der Waals surface area contributed by atoms with Gasteiger partial charge in [0, 0.05) is 11.1 Å². The fraction of sp³-hybridized carbons (Fsp3) is 0. The van der Waals surface area contributed by atoms with Crippen LogP contribution in [0.2, 0.25) is 0 Å². The van der Waals surface area contributed by atoms with Crippen molar-refractivity contribution in [2.24, 2.45) is 15.4 Å². The van der Waals surface area contributed by atoms with Crippen LogP contribution in [0.5, 0.6) is 0 Å². The van der Waals surface area contributed by atoms with Gasteiger partial charge in [0.25, 0.3) is 5.39 Å². The maximum absolute atomic E-state index is 8.38. The first kappa shape index (κ1) is 14.2. The highest BCUT2D eigenvalue weighted by Gasteiger charge is 2.07. The number of hydrogen-bond donors (Lipinski definition) is 1. The predicted molar refractivity (Wildman–Crippen MR) is 82.0 cm³/mol. The van der Waals surface area contributed by atoms with E-state index in [1.807, 2.05) is 0 Å². The molecule has 0 saturated heterocycles. The number of diazo groups is 1. The maximum Gasteiger partial charge on any atom is 0.339 e. The molecular formula is C14H9N8O+. The predicted octanol–water partition coefficient (Wildman–Crippen LogP) is 1.22. The number of nitrogens with one attached hydrogen (secondary N) is 1. The summed E-state index contributed by atoms with van der Waals surface area (Å²) >= 11 is 0. The molecule has 1 N–H and O–H groups in total. The Kier molecular flexibility index (Phi) is 3.89. The van der Waals surface area contributed by atoms with Gasteiger partial charge in [0.2, 0.25) is 11.1 Å². The van der Waals surface area contributed by atoms with E-state index in [1.54, 1.807) is 48.6 Å². The Labute approximate surface area is 129 Å². The first-order valence-electron chi connectivity index (χ1n) is 6.47. The summed E-state index contributed by atoms with van der Waals surface area (Å²) in [6, 6.07) is 0. The lowest BCUT2D eigenvalue weighted by Crippen LogP contribution is -2.09. The maximum atomic E-state index is 8.38. The summed E-state index contributed by atoms with van der Waals surface area (Å²) in [5.41, 5.74) is 9.95. The molecule has 0 radical (unpaired) electrons. The van der Waals surface area contributed by atoms with Crippen LogP contribution in [-0.4, -0.2) is 21.6 Å². The Hall–Kier alpha value is -3.80. The van der Waals surface area contributed by atoms with Crippen molar-refractivity contribution >= 4 is 22.6 Å². The fourth-order valence-corrected chi connectivity index (χ4v) is 1.91. The van der Waals surface area contributed by atoms with Gasteiger partial charge in [-0.2, -0.15) is 5.53 Å². The van der Waals surface area contributed by atoms with Crippen LogP contribution in [-0.2, 0) is 0 Å². The Bertz CT molecular complexity index is 958. The molecule has 0 aromatic carbocycles. The van der Waals surface area contributed by atoms with Crippen molar-refractivity contribution < 1.29 is 4.42 Å². The SMILES string of the molecule is N#[N+]N=C1C=CC(=c2nnc(=C3C=CC(=NN=N)C=C3)o2)C=C1. The first-order chi connectivity index (χ1) is 11.3. The minimum Gasteiger partial charge on any atom is -0.416 e. The molecule has 0 fully saturated rings. The van der Waals surface area contributed by atoms with Crippen LogP contribution in [0.3, 0.4) is 0 Å². The van der Waals surface area contributed by atoms with Crippen LogP contribution in [0.25, 0.3) is 16.2 Å². The van der Waals surface area contributed by atoms with Crippen LogP contribution in [0, 0.1) is 10.9 Å². The van der Waals surface area contributed by atoms with Crippen LogP contribution in [0.1, 0.15) is 0 Å². The summed E-state index contributed by atoms with van der Waals surface area (Å²) in [6.07, 6.45) is 13.7. The van der Waals surface area contributed by atoms with Gasteiger partial charge >= 0.3 is 5.08 Å². The average Bonchev–Trinajstić information content (AvgIpc) is 3.07. The highest BCUT2D eigenvalue weighted by molar-refractivity contribution is 6.09. The van der Waals surface area contributed by atoms with Crippen molar-refractivity contribution in [1.29, 1.82) is 10.9 Å². The average molecular weight is 305 g/mol. The van der Waals surface area contributed by atoms with Gasteiger partial charge in [-0.1, -0.05) is 5.22 Å². The van der Waals surface area contributed by atoms with Gasteiger partial charge in [-0.3, -0.25) is 0 Å². The van der Waals surface area contributed by atoms with Crippen LogP contribution in [0.4, 0.5) is 0 Å². The zero-order valence-corrected chi connectivity index (χ0v) is 11.7. The van der Waals surface area contributed by atoms with Crippen molar-refractivity contribution in [1.82, 2.24) is 10.2 Å². The third-order valence-electron chi connectivity index (χ3n) is 2.98. The summed E-state index contributed by atoms with van der Waals surface area (Å²) in [6.45, 7) is 0. The minimum absolute atomic E-state index is 0.363. The molecule has 1 aromatic rings. The highest BCUT2D eigenvalue weighted by atomic mass is 16.4. The van der Waals surface area contributed by atoms with Gasteiger partial charge in [-0.05, 0) is 48.6 Å². The first-order valence-corrected chi connectivity index (χ1v) is 6.47. The third kappa shape index (κ3) is 3.11. The summed E-state index contributed by atoms with van der Waals surface area (Å²) in [5.74, 6) is 0. The zero-order chi connectivity index (χ0) is 16.1. The van der Waals surface area contributed by atoms with Crippen molar-refractivity contribution in [3.05, 3.63) is 64.8 Å². The van der Waals surface area contributed by atoms with Gasteiger partial charge in [0.15, 0.2) is 10.8 Å². The molecule has 9 heteroatoms. The molecule has 1 aromatic heterocycles. The lowest BCUT2D eigenvalue weighted by atomic mass is 10.1. The molecular weight excluding hydrogens is 296 g/mol. The van der Waals surface area contributed by atoms with Crippen LogP contribution in [0.15, 0.2) is 68.5 Å². The largest absolute Gasteiger partial charge is 0.416 e. The van der Waals surface area contributed by atoms with Crippen molar-refractivity contribution in [2.75, 3.05) is 0 Å².